The first kappa shape index (κ1) is 12.9. The molecule has 18 heavy (non-hydrogen) atoms. The Morgan fingerprint density at radius 2 is 2.22 bits per heavy atom. The first-order valence-corrected chi connectivity index (χ1v) is 7.23. The summed E-state index contributed by atoms with van der Waals surface area (Å²) in [4.78, 5) is 17.1. The first-order valence-electron chi connectivity index (χ1n) is 5.18. The number of nitrogens with zero attached hydrogens (tertiary/aromatic N) is 1. The van der Waals surface area contributed by atoms with E-state index in [1.807, 2.05) is 30.5 Å². The summed E-state index contributed by atoms with van der Waals surface area (Å²) in [6, 6.07) is 7.95. The van der Waals surface area contributed by atoms with Crippen molar-refractivity contribution in [3.63, 3.8) is 0 Å². The molecule has 1 aromatic carbocycles. The predicted octanol–water partition coefficient (Wildman–Crippen LogP) is 3.40. The lowest BCUT2D eigenvalue weighted by Gasteiger charge is -2.06. The van der Waals surface area contributed by atoms with Crippen molar-refractivity contribution < 1.29 is 9.53 Å². The fourth-order valence-electron chi connectivity index (χ4n) is 1.39. The highest BCUT2D eigenvalue weighted by atomic mass is 32.2. The number of hydrogen-bond acceptors (Lipinski definition) is 6. The Balaban J connectivity index is 2.19. The molecule has 0 amide bonds. The molecular formula is C12H12N2O2S2. The van der Waals surface area contributed by atoms with E-state index >= 15 is 0 Å². The summed E-state index contributed by atoms with van der Waals surface area (Å²) >= 11 is 2.93. The highest BCUT2D eigenvalue weighted by Crippen LogP contribution is 2.29. The molecule has 6 heteroatoms. The van der Waals surface area contributed by atoms with Crippen LogP contribution in [-0.4, -0.2) is 24.3 Å². The Labute approximate surface area is 113 Å². The van der Waals surface area contributed by atoms with Crippen LogP contribution in [0.1, 0.15) is 9.67 Å². The first-order chi connectivity index (χ1) is 8.74. The van der Waals surface area contributed by atoms with Gasteiger partial charge in [-0.05, 0) is 18.4 Å². The van der Waals surface area contributed by atoms with Gasteiger partial charge < -0.3 is 10.1 Å². The number of thioether (sulfide) groups is 1. The third-order valence-corrected chi connectivity index (χ3v) is 3.93. The minimum absolute atomic E-state index is 0.362. The second-order valence-corrected chi connectivity index (χ2v) is 5.23. The third-order valence-electron chi connectivity index (χ3n) is 2.24. The van der Waals surface area contributed by atoms with Crippen LogP contribution in [0, 0.1) is 0 Å². The number of benzene rings is 1. The van der Waals surface area contributed by atoms with E-state index in [2.05, 4.69) is 15.0 Å². The molecule has 0 atom stereocenters. The molecule has 0 bridgehead atoms. The predicted molar refractivity (Wildman–Crippen MR) is 75.0 cm³/mol. The van der Waals surface area contributed by atoms with Gasteiger partial charge in [-0.25, -0.2) is 9.78 Å². The quantitative estimate of drug-likeness (QED) is 0.687. The zero-order valence-electron chi connectivity index (χ0n) is 9.97. The van der Waals surface area contributed by atoms with Crippen molar-refractivity contribution in [2.75, 3.05) is 18.7 Å². The normalized spacial score (nSPS) is 10.1. The van der Waals surface area contributed by atoms with E-state index in [0.29, 0.717) is 10.0 Å². The monoisotopic (exact) mass is 280 g/mol. The average molecular weight is 280 g/mol. The van der Waals surface area contributed by atoms with Gasteiger partial charge >= 0.3 is 5.97 Å². The molecule has 4 nitrogen and oxygen atoms in total. The SMILES string of the molecule is COC(=O)c1cnc(Nc2ccccc2SC)s1. The molecular weight excluding hydrogens is 268 g/mol. The third kappa shape index (κ3) is 2.83. The Bertz CT molecular complexity index is 555. The number of thiazole rings is 1. The van der Waals surface area contributed by atoms with Gasteiger partial charge in [-0.3, -0.25) is 0 Å². The van der Waals surface area contributed by atoms with Gasteiger partial charge in [0.1, 0.15) is 4.88 Å². The van der Waals surface area contributed by atoms with Crippen LogP contribution in [0.3, 0.4) is 0 Å². The van der Waals surface area contributed by atoms with E-state index < -0.39 is 0 Å². The van der Waals surface area contributed by atoms with Crippen LogP contribution in [0.2, 0.25) is 0 Å². The maximum Gasteiger partial charge on any atom is 0.349 e. The lowest BCUT2D eigenvalue weighted by Crippen LogP contribution is -1.96. The summed E-state index contributed by atoms with van der Waals surface area (Å²) in [5, 5.41) is 3.88. The van der Waals surface area contributed by atoms with E-state index in [-0.39, 0.29) is 5.97 Å². The van der Waals surface area contributed by atoms with Gasteiger partial charge in [0.05, 0.1) is 19.0 Å². The van der Waals surface area contributed by atoms with Gasteiger partial charge in [-0.2, -0.15) is 0 Å². The van der Waals surface area contributed by atoms with Crippen LogP contribution in [-0.2, 0) is 4.74 Å². The van der Waals surface area contributed by atoms with Crippen LogP contribution in [0.4, 0.5) is 10.8 Å². The van der Waals surface area contributed by atoms with Crippen LogP contribution in [0.5, 0.6) is 0 Å². The molecule has 0 unspecified atom stereocenters. The van der Waals surface area contributed by atoms with Crippen molar-refractivity contribution in [1.82, 2.24) is 4.98 Å². The van der Waals surface area contributed by atoms with Gasteiger partial charge in [-0.15, -0.1) is 11.8 Å². The maximum atomic E-state index is 11.3. The molecule has 94 valence electrons. The molecule has 2 aromatic rings. The van der Waals surface area contributed by atoms with E-state index in [1.54, 1.807) is 11.8 Å². The van der Waals surface area contributed by atoms with Crippen LogP contribution in [0.15, 0.2) is 35.4 Å². The number of rotatable bonds is 4. The zero-order chi connectivity index (χ0) is 13.0. The Morgan fingerprint density at radius 1 is 1.44 bits per heavy atom. The van der Waals surface area contributed by atoms with Crippen molar-refractivity contribution in [1.29, 1.82) is 0 Å². The number of hydrogen-bond donors (Lipinski definition) is 1. The largest absolute Gasteiger partial charge is 0.465 e. The molecule has 0 aliphatic rings. The second-order valence-electron chi connectivity index (χ2n) is 3.35. The molecule has 1 N–H and O–H groups in total. The molecule has 2 rings (SSSR count). The number of esters is 1. The van der Waals surface area contributed by atoms with Crippen molar-refractivity contribution in [2.24, 2.45) is 0 Å². The number of para-hydroxylation sites is 1. The minimum atomic E-state index is -0.362. The molecule has 1 heterocycles. The highest BCUT2D eigenvalue weighted by Gasteiger charge is 2.11. The number of ether oxygens (including phenoxy) is 1. The molecule has 1 aromatic heterocycles. The molecule has 0 radical (unpaired) electrons. The Morgan fingerprint density at radius 3 is 2.94 bits per heavy atom. The van der Waals surface area contributed by atoms with E-state index in [0.717, 1.165) is 10.6 Å². The van der Waals surface area contributed by atoms with Crippen LogP contribution < -0.4 is 5.32 Å². The van der Waals surface area contributed by atoms with Gasteiger partial charge in [0.2, 0.25) is 0 Å². The maximum absolute atomic E-state index is 11.3. The number of aromatic nitrogens is 1. The van der Waals surface area contributed by atoms with Gasteiger partial charge in [0.25, 0.3) is 0 Å². The number of nitrogens with one attached hydrogen (secondary N) is 1. The number of carbonyl (C=O) groups excluding carboxylic acids is 1. The minimum Gasteiger partial charge on any atom is -0.465 e. The average Bonchev–Trinajstić information content (AvgIpc) is 2.87. The van der Waals surface area contributed by atoms with Crippen molar-refractivity contribution in [3.05, 3.63) is 35.3 Å². The summed E-state index contributed by atoms with van der Waals surface area (Å²) in [7, 11) is 1.36. The lowest BCUT2D eigenvalue weighted by molar-refractivity contribution is 0.0606. The molecule has 0 saturated heterocycles. The van der Waals surface area contributed by atoms with Gasteiger partial charge in [0.15, 0.2) is 5.13 Å². The highest BCUT2D eigenvalue weighted by molar-refractivity contribution is 7.98. The molecule has 0 fully saturated rings. The summed E-state index contributed by atoms with van der Waals surface area (Å²) < 4.78 is 4.64. The standard InChI is InChI=1S/C12H12N2O2S2/c1-16-11(15)10-7-13-12(18-10)14-8-5-3-4-6-9(8)17-2/h3-7H,1-2H3,(H,13,14). The summed E-state index contributed by atoms with van der Waals surface area (Å²) in [5.41, 5.74) is 0.982. The Kier molecular flexibility index (Phi) is 4.22. The zero-order valence-corrected chi connectivity index (χ0v) is 11.6. The lowest BCUT2D eigenvalue weighted by atomic mass is 10.3. The summed E-state index contributed by atoms with van der Waals surface area (Å²) in [6.07, 6.45) is 3.53. The van der Waals surface area contributed by atoms with Crippen LogP contribution in [0.25, 0.3) is 0 Å². The number of anilines is 2. The topological polar surface area (TPSA) is 51.2 Å². The molecule has 0 spiro atoms. The van der Waals surface area contributed by atoms with Gasteiger partial charge in [-0.1, -0.05) is 23.5 Å². The summed E-state index contributed by atoms with van der Waals surface area (Å²) in [6.45, 7) is 0. The van der Waals surface area contributed by atoms with Gasteiger partial charge in [0, 0.05) is 4.90 Å². The van der Waals surface area contributed by atoms with Crippen molar-refractivity contribution in [2.45, 2.75) is 4.90 Å². The Hall–Kier alpha value is -1.53. The van der Waals surface area contributed by atoms with Crippen LogP contribution >= 0.6 is 23.1 Å². The summed E-state index contributed by atoms with van der Waals surface area (Å²) in [5.74, 6) is -0.362. The van der Waals surface area contributed by atoms with E-state index in [4.69, 9.17) is 0 Å². The molecule has 0 aliphatic carbocycles. The van der Waals surface area contributed by atoms with E-state index in [9.17, 15) is 4.79 Å². The fourth-order valence-corrected chi connectivity index (χ4v) is 2.69. The smallest absolute Gasteiger partial charge is 0.349 e. The second kappa shape index (κ2) is 5.88. The molecule has 0 aliphatic heterocycles. The fraction of sp³-hybridized carbons (Fsp3) is 0.167. The molecule has 0 saturated carbocycles. The van der Waals surface area contributed by atoms with E-state index in [1.165, 1.54) is 24.6 Å². The van der Waals surface area contributed by atoms with Crippen molar-refractivity contribution >= 4 is 39.9 Å². The van der Waals surface area contributed by atoms with Crippen molar-refractivity contribution in [3.8, 4) is 0 Å². The number of carbonyl (C=O) groups is 1. The number of methoxy groups -OCH3 is 1.